The number of nitriles is 1. The van der Waals surface area contributed by atoms with Gasteiger partial charge in [0.15, 0.2) is 0 Å². The largest absolute Gasteiger partial charge is 0.394 e. The van der Waals surface area contributed by atoms with Crippen molar-refractivity contribution < 1.29 is 5.11 Å². The van der Waals surface area contributed by atoms with Crippen molar-refractivity contribution in [1.29, 1.82) is 5.26 Å². The Morgan fingerprint density at radius 3 is 2.96 bits per heavy atom. The van der Waals surface area contributed by atoms with Crippen LogP contribution in [0.15, 0.2) is 45.7 Å². The van der Waals surface area contributed by atoms with E-state index in [9.17, 15) is 5.26 Å². The van der Waals surface area contributed by atoms with Gasteiger partial charge in [0.1, 0.15) is 0 Å². The van der Waals surface area contributed by atoms with Crippen LogP contribution in [0.5, 0.6) is 0 Å². The smallest absolute Gasteiger partial charge is 0.203 e. The maximum Gasteiger partial charge on any atom is 0.203 e. The summed E-state index contributed by atoms with van der Waals surface area (Å²) in [5.41, 5.74) is 3.29. The summed E-state index contributed by atoms with van der Waals surface area (Å²) >= 11 is 5.12. The molecule has 5 nitrogen and oxygen atoms in total. The van der Waals surface area contributed by atoms with E-state index < -0.39 is 0 Å². The standard InChI is InChI=1S/C17H15BrN4OS/c1-11-16-15(14(18)10-24-16)21-17(20-6-7-23)22(11)9-13-5-3-2-4-12(13)8-19/h2-5,10,23H,1,6-7,9H2,(H,20,21). The number of hydrogen-bond donors (Lipinski definition) is 2. The number of anilines is 1. The van der Waals surface area contributed by atoms with E-state index in [4.69, 9.17) is 5.11 Å². The quantitative estimate of drug-likeness (QED) is 0.818. The van der Waals surface area contributed by atoms with Gasteiger partial charge in [-0.25, -0.2) is 0 Å². The number of rotatable bonds is 4. The lowest BCUT2D eigenvalue weighted by Crippen LogP contribution is -2.38. The molecule has 0 unspecified atom stereocenters. The summed E-state index contributed by atoms with van der Waals surface area (Å²) in [4.78, 5) is 7.39. The number of aliphatic imine (C=N–C) groups is 1. The number of hydrogen-bond acceptors (Lipinski definition) is 4. The number of guanidine groups is 1. The van der Waals surface area contributed by atoms with Crippen LogP contribution < -0.4 is 5.32 Å². The lowest BCUT2D eigenvalue weighted by atomic mass is 10.1. The molecule has 2 aromatic rings. The molecule has 0 amide bonds. The number of aliphatic hydroxyl groups is 1. The average Bonchev–Trinajstić information content (AvgIpc) is 2.97. The molecule has 1 aromatic carbocycles. The molecular weight excluding hydrogens is 388 g/mol. The molecule has 0 aliphatic carbocycles. The molecule has 0 bridgehead atoms. The number of fused-ring (bicyclic) bond motifs is 1. The van der Waals surface area contributed by atoms with E-state index in [1.165, 1.54) is 0 Å². The summed E-state index contributed by atoms with van der Waals surface area (Å²) in [5, 5.41) is 23.7. The second-order valence-corrected chi connectivity index (χ2v) is 6.88. The molecule has 2 heterocycles. The lowest BCUT2D eigenvalue weighted by Gasteiger charge is -2.33. The summed E-state index contributed by atoms with van der Waals surface area (Å²) in [6, 6.07) is 9.70. The van der Waals surface area contributed by atoms with Gasteiger partial charge in [-0.05, 0) is 27.6 Å². The van der Waals surface area contributed by atoms with E-state index >= 15 is 0 Å². The Kier molecular flexibility index (Phi) is 5.00. The fourth-order valence-corrected chi connectivity index (χ4v) is 4.06. The molecular formula is C17H15BrN4OS. The zero-order chi connectivity index (χ0) is 17.1. The molecule has 1 aromatic heterocycles. The summed E-state index contributed by atoms with van der Waals surface area (Å²) in [6.45, 7) is 4.96. The van der Waals surface area contributed by atoms with Crippen molar-refractivity contribution in [2.45, 2.75) is 6.54 Å². The third-order valence-electron chi connectivity index (χ3n) is 3.65. The van der Waals surface area contributed by atoms with Gasteiger partial charge < -0.3 is 15.3 Å². The summed E-state index contributed by atoms with van der Waals surface area (Å²) in [5.74, 6) is 0.619. The third-order valence-corrected chi connectivity index (χ3v) is 5.61. The lowest BCUT2D eigenvalue weighted by molar-refractivity contribution is 0.306. The van der Waals surface area contributed by atoms with Crippen molar-refractivity contribution >= 4 is 44.6 Å². The molecule has 2 N–H and O–H groups in total. The molecule has 7 heteroatoms. The SMILES string of the molecule is C=C1c2scc(Br)c2NC(=NCCO)N1Cc1ccccc1C#N. The molecule has 0 saturated carbocycles. The first-order chi connectivity index (χ1) is 11.7. The molecule has 122 valence electrons. The third kappa shape index (κ3) is 3.08. The van der Waals surface area contributed by atoms with Crippen LogP contribution in [0.2, 0.25) is 0 Å². The van der Waals surface area contributed by atoms with Crippen molar-refractivity contribution in [3.8, 4) is 6.07 Å². The van der Waals surface area contributed by atoms with Gasteiger partial charge in [-0.3, -0.25) is 4.99 Å². The van der Waals surface area contributed by atoms with Crippen LogP contribution in [0.25, 0.3) is 5.70 Å². The maximum atomic E-state index is 9.31. The van der Waals surface area contributed by atoms with Gasteiger partial charge in [-0.15, -0.1) is 11.3 Å². The van der Waals surface area contributed by atoms with Crippen LogP contribution >= 0.6 is 27.3 Å². The Labute approximate surface area is 152 Å². The van der Waals surface area contributed by atoms with Gasteiger partial charge in [0.25, 0.3) is 0 Å². The Morgan fingerprint density at radius 1 is 1.42 bits per heavy atom. The van der Waals surface area contributed by atoms with Crippen molar-refractivity contribution in [3.63, 3.8) is 0 Å². The summed E-state index contributed by atoms with van der Waals surface area (Å²) in [6.07, 6.45) is 0. The van der Waals surface area contributed by atoms with Gasteiger partial charge >= 0.3 is 0 Å². The van der Waals surface area contributed by atoms with Crippen LogP contribution in [0.1, 0.15) is 16.0 Å². The minimum atomic E-state index is -0.0298. The predicted octanol–water partition coefficient (Wildman–Crippen LogP) is 3.63. The van der Waals surface area contributed by atoms with Crippen LogP contribution in [0.4, 0.5) is 5.69 Å². The van der Waals surface area contributed by atoms with Crippen LogP contribution in [0.3, 0.4) is 0 Å². The highest BCUT2D eigenvalue weighted by atomic mass is 79.9. The zero-order valence-electron chi connectivity index (χ0n) is 12.8. The summed E-state index contributed by atoms with van der Waals surface area (Å²) < 4.78 is 0.956. The highest BCUT2D eigenvalue weighted by molar-refractivity contribution is 9.10. The number of thiophene rings is 1. The molecule has 1 aliphatic heterocycles. The van der Waals surface area contributed by atoms with E-state index in [1.807, 2.05) is 28.5 Å². The van der Waals surface area contributed by atoms with Gasteiger partial charge in [-0.2, -0.15) is 5.26 Å². The van der Waals surface area contributed by atoms with E-state index in [0.717, 1.165) is 26.3 Å². The Balaban J connectivity index is 2.00. The molecule has 0 spiro atoms. The molecule has 1 aliphatic rings. The fraction of sp³-hybridized carbons (Fsp3) is 0.176. The van der Waals surface area contributed by atoms with E-state index in [0.29, 0.717) is 24.6 Å². The van der Waals surface area contributed by atoms with Crippen LogP contribution in [-0.4, -0.2) is 29.1 Å². The molecule has 0 radical (unpaired) electrons. The van der Waals surface area contributed by atoms with Crippen molar-refractivity contribution in [2.24, 2.45) is 4.99 Å². The van der Waals surface area contributed by atoms with E-state index in [1.54, 1.807) is 17.4 Å². The number of aliphatic hydroxyl groups excluding tert-OH is 1. The Bertz CT molecular complexity index is 853. The zero-order valence-corrected chi connectivity index (χ0v) is 15.2. The summed E-state index contributed by atoms with van der Waals surface area (Å²) in [7, 11) is 0. The minimum Gasteiger partial charge on any atom is -0.394 e. The number of halogens is 1. The van der Waals surface area contributed by atoms with E-state index in [2.05, 4.69) is 38.9 Å². The average molecular weight is 403 g/mol. The molecule has 0 saturated heterocycles. The van der Waals surface area contributed by atoms with Gasteiger partial charge in [-0.1, -0.05) is 24.8 Å². The van der Waals surface area contributed by atoms with Gasteiger partial charge in [0, 0.05) is 5.38 Å². The molecule has 0 fully saturated rings. The Morgan fingerprint density at radius 2 is 2.21 bits per heavy atom. The van der Waals surface area contributed by atoms with Crippen molar-refractivity contribution in [2.75, 3.05) is 18.5 Å². The fourth-order valence-electron chi connectivity index (χ4n) is 2.48. The Hall–Kier alpha value is -2.14. The number of benzene rings is 1. The predicted molar refractivity (Wildman–Crippen MR) is 101 cm³/mol. The second-order valence-electron chi connectivity index (χ2n) is 5.14. The highest BCUT2D eigenvalue weighted by Gasteiger charge is 2.28. The first kappa shape index (κ1) is 16.7. The van der Waals surface area contributed by atoms with Crippen LogP contribution in [0, 0.1) is 11.3 Å². The normalized spacial score (nSPS) is 15.1. The monoisotopic (exact) mass is 402 g/mol. The van der Waals surface area contributed by atoms with Crippen molar-refractivity contribution in [1.82, 2.24) is 4.90 Å². The number of nitrogens with one attached hydrogen (secondary N) is 1. The molecule has 0 atom stereocenters. The molecule has 24 heavy (non-hydrogen) atoms. The van der Waals surface area contributed by atoms with Crippen LogP contribution in [-0.2, 0) is 6.54 Å². The van der Waals surface area contributed by atoms with Gasteiger partial charge in [0.2, 0.25) is 5.96 Å². The van der Waals surface area contributed by atoms with Crippen molar-refractivity contribution in [3.05, 3.63) is 56.7 Å². The minimum absolute atomic E-state index is 0.0298. The second kappa shape index (κ2) is 7.18. The first-order valence-electron chi connectivity index (χ1n) is 7.30. The first-order valence-corrected chi connectivity index (χ1v) is 8.97. The molecule has 3 rings (SSSR count). The highest BCUT2D eigenvalue weighted by Crippen LogP contribution is 2.41. The van der Waals surface area contributed by atoms with E-state index in [-0.39, 0.29) is 6.61 Å². The maximum absolute atomic E-state index is 9.31. The number of nitrogens with zero attached hydrogens (tertiary/aromatic N) is 3. The topological polar surface area (TPSA) is 71.7 Å². The van der Waals surface area contributed by atoms with Gasteiger partial charge in [0.05, 0.1) is 52.1 Å².